The lowest BCUT2D eigenvalue weighted by Crippen LogP contribution is -2.31. The lowest BCUT2D eigenvalue weighted by Gasteiger charge is -2.18. The standard InChI is InChI=1S/C19H24FN/c1-2-21-19(15-17-11-6-12-18(20)14-17)13-7-10-16-8-4-3-5-9-16/h3-6,8-9,11-12,14,19,21H,2,7,10,13,15H2,1H3. The van der Waals surface area contributed by atoms with Crippen LogP contribution in [-0.4, -0.2) is 12.6 Å². The van der Waals surface area contributed by atoms with E-state index in [2.05, 4.69) is 42.6 Å². The first-order valence-corrected chi connectivity index (χ1v) is 7.79. The summed E-state index contributed by atoms with van der Waals surface area (Å²) < 4.78 is 13.3. The maximum atomic E-state index is 13.3. The molecule has 1 N–H and O–H groups in total. The smallest absolute Gasteiger partial charge is 0.123 e. The molecule has 0 aliphatic heterocycles. The Morgan fingerprint density at radius 2 is 1.76 bits per heavy atom. The van der Waals surface area contributed by atoms with Crippen molar-refractivity contribution in [1.29, 1.82) is 0 Å². The summed E-state index contributed by atoms with van der Waals surface area (Å²) in [5.74, 6) is -0.146. The van der Waals surface area contributed by atoms with Gasteiger partial charge in [-0.15, -0.1) is 0 Å². The average molecular weight is 285 g/mol. The van der Waals surface area contributed by atoms with E-state index in [0.29, 0.717) is 6.04 Å². The van der Waals surface area contributed by atoms with Crippen LogP contribution in [0.5, 0.6) is 0 Å². The fraction of sp³-hybridized carbons (Fsp3) is 0.368. The summed E-state index contributed by atoms with van der Waals surface area (Å²) in [5.41, 5.74) is 2.46. The zero-order valence-electron chi connectivity index (χ0n) is 12.7. The third-order valence-electron chi connectivity index (χ3n) is 3.72. The van der Waals surface area contributed by atoms with Gasteiger partial charge in [-0.2, -0.15) is 0 Å². The largest absolute Gasteiger partial charge is 0.314 e. The molecule has 0 saturated carbocycles. The normalized spacial score (nSPS) is 12.3. The minimum absolute atomic E-state index is 0.146. The molecule has 0 aliphatic carbocycles. The van der Waals surface area contributed by atoms with Gasteiger partial charge in [-0.05, 0) is 55.5 Å². The number of likely N-dealkylation sites (N-methyl/N-ethyl adjacent to an activating group) is 1. The molecule has 2 rings (SSSR count). The van der Waals surface area contributed by atoms with E-state index in [1.54, 1.807) is 12.1 Å². The zero-order chi connectivity index (χ0) is 14.9. The Bertz CT molecular complexity index is 524. The predicted octanol–water partition coefficient (Wildman–Crippen LogP) is 4.37. The van der Waals surface area contributed by atoms with E-state index in [9.17, 15) is 4.39 Å². The van der Waals surface area contributed by atoms with Crippen LogP contribution < -0.4 is 5.32 Å². The van der Waals surface area contributed by atoms with Gasteiger partial charge in [-0.3, -0.25) is 0 Å². The third-order valence-corrected chi connectivity index (χ3v) is 3.72. The Kier molecular flexibility index (Phi) is 6.42. The highest BCUT2D eigenvalue weighted by Gasteiger charge is 2.09. The molecular weight excluding hydrogens is 261 g/mol. The van der Waals surface area contributed by atoms with Crippen molar-refractivity contribution >= 4 is 0 Å². The molecule has 0 amide bonds. The van der Waals surface area contributed by atoms with E-state index in [0.717, 1.165) is 37.8 Å². The summed E-state index contributed by atoms with van der Waals surface area (Å²) in [4.78, 5) is 0. The Morgan fingerprint density at radius 1 is 1.00 bits per heavy atom. The molecule has 0 aromatic heterocycles. The molecule has 1 unspecified atom stereocenters. The van der Waals surface area contributed by atoms with Crippen LogP contribution in [0.25, 0.3) is 0 Å². The molecule has 1 nitrogen and oxygen atoms in total. The lowest BCUT2D eigenvalue weighted by molar-refractivity contribution is 0.475. The van der Waals surface area contributed by atoms with E-state index >= 15 is 0 Å². The van der Waals surface area contributed by atoms with E-state index in [-0.39, 0.29) is 5.82 Å². The fourth-order valence-electron chi connectivity index (χ4n) is 2.71. The molecule has 0 bridgehead atoms. The van der Waals surface area contributed by atoms with Gasteiger partial charge in [-0.25, -0.2) is 4.39 Å². The van der Waals surface area contributed by atoms with Crippen molar-refractivity contribution in [1.82, 2.24) is 5.32 Å². The van der Waals surface area contributed by atoms with Gasteiger partial charge in [-0.1, -0.05) is 49.4 Å². The first-order chi connectivity index (χ1) is 10.3. The van der Waals surface area contributed by atoms with Crippen LogP contribution >= 0.6 is 0 Å². The number of aryl methyl sites for hydroxylation is 1. The Balaban J connectivity index is 1.84. The number of rotatable bonds is 8. The van der Waals surface area contributed by atoms with Gasteiger partial charge in [0.05, 0.1) is 0 Å². The monoisotopic (exact) mass is 285 g/mol. The van der Waals surface area contributed by atoms with E-state index in [1.165, 1.54) is 11.6 Å². The van der Waals surface area contributed by atoms with Gasteiger partial charge < -0.3 is 5.32 Å². The van der Waals surface area contributed by atoms with Gasteiger partial charge in [0.2, 0.25) is 0 Å². The van der Waals surface area contributed by atoms with Crippen molar-refractivity contribution in [3.63, 3.8) is 0 Å². The molecule has 112 valence electrons. The summed E-state index contributed by atoms with van der Waals surface area (Å²) in [6, 6.07) is 17.9. The molecule has 0 saturated heterocycles. The van der Waals surface area contributed by atoms with Crippen LogP contribution in [0.2, 0.25) is 0 Å². The number of hydrogen-bond acceptors (Lipinski definition) is 1. The van der Waals surface area contributed by atoms with Crippen LogP contribution in [0.3, 0.4) is 0 Å². The molecule has 2 heteroatoms. The third kappa shape index (κ3) is 5.68. The van der Waals surface area contributed by atoms with Crippen molar-refractivity contribution in [2.45, 2.75) is 38.6 Å². The number of nitrogens with one attached hydrogen (secondary N) is 1. The lowest BCUT2D eigenvalue weighted by atomic mass is 9.99. The number of halogens is 1. The summed E-state index contributed by atoms with van der Waals surface area (Å²) in [6.45, 7) is 3.07. The quantitative estimate of drug-likeness (QED) is 0.759. The second-order valence-corrected chi connectivity index (χ2v) is 5.47. The van der Waals surface area contributed by atoms with Crippen molar-refractivity contribution in [3.05, 3.63) is 71.5 Å². The second kappa shape index (κ2) is 8.58. The highest BCUT2D eigenvalue weighted by molar-refractivity contribution is 5.18. The molecule has 2 aromatic rings. The molecule has 2 aromatic carbocycles. The first-order valence-electron chi connectivity index (χ1n) is 7.79. The maximum absolute atomic E-state index is 13.3. The van der Waals surface area contributed by atoms with Crippen molar-refractivity contribution in [2.75, 3.05) is 6.54 Å². The van der Waals surface area contributed by atoms with Crippen molar-refractivity contribution < 1.29 is 4.39 Å². The Hall–Kier alpha value is -1.67. The van der Waals surface area contributed by atoms with Gasteiger partial charge in [0, 0.05) is 6.04 Å². The summed E-state index contributed by atoms with van der Waals surface area (Å²) >= 11 is 0. The highest BCUT2D eigenvalue weighted by atomic mass is 19.1. The molecule has 0 aliphatic rings. The van der Waals surface area contributed by atoms with Crippen LogP contribution in [-0.2, 0) is 12.8 Å². The number of hydrogen-bond donors (Lipinski definition) is 1. The molecule has 1 atom stereocenters. The number of benzene rings is 2. The van der Waals surface area contributed by atoms with Gasteiger partial charge >= 0.3 is 0 Å². The minimum Gasteiger partial charge on any atom is -0.314 e. The Labute approximate surface area is 127 Å². The van der Waals surface area contributed by atoms with E-state index in [1.807, 2.05) is 6.07 Å². The van der Waals surface area contributed by atoms with E-state index in [4.69, 9.17) is 0 Å². The molecule has 0 radical (unpaired) electrons. The van der Waals surface area contributed by atoms with Crippen LogP contribution in [0, 0.1) is 5.82 Å². The van der Waals surface area contributed by atoms with E-state index < -0.39 is 0 Å². The van der Waals surface area contributed by atoms with Crippen LogP contribution in [0.4, 0.5) is 4.39 Å². The van der Waals surface area contributed by atoms with Crippen LogP contribution in [0.1, 0.15) is 30.9 Å². The minimum atomic E-state index is -0.146. The van der Waals surface area contributed by atoms with Crippen molar-refractivity contribution in [3.8, 4) is 0 Å². The SMILES string of the molecule is CCNC(CCCc1ccccc1)Cc1cccc(F)c1. The molecule has 21 heavy (non-hydrogen) atoms. The fourth-order valence-corrected chi connectivity index (χ4v) is 2.71. The Morgan fingerprint density at radius 3 is 2.48 bits per heavy atom. The zero-order valence-corrected chi connectivity index (χ0v) is 12.7. The second-order valence-electron chi connectivity index (χ2n) is 5.47. The predicted molar refractivity (Wildman–Crippen MR) is 86.9 cm³/mol. The molecule has 0 heterocycles. The maximum Gasteiger partial charge on any atom is 0.123 e. The van der Waals surface area contributed by atoms with Crippen LogP contribution in [0.15, 0.2) is 54.6 Å². The highest BCUT2D eigenvalue weighted by Crippen LogP contribution is 2.12. The van der Waals surface area contributed by atoms with Gasteiger partial charge in [0.1, 0.15) is 5.82 Å². The molecular formula is C19H24FN. The first kappa shape index (κ1) is 15.7. The average Bonchev–Trinajstić information content (AvgIpc) is 2.48. The summed E-state index contributed by atoms with van der Waals surface area (Å²) in [6.07, 6.45) is 4.25. The summed E-state index contributed by atoms with van der Waals surface area (Å²) in [5, 5.41) is 3.51. The van der Waals surface area contributed by atoms with Gasteiger partial charge in [0.25, 0.3) is 0 Å². The van der Waals surface area contributed by atoms with Gasteiger partial charge in [0.15, 0.2) is 0 Å². The van der Waals surface area contributed by atoms with Crippen molar-refractivity contribution in [2.24, 2.45) is 0 Å². The molecule has 0 fully saturated rings. The summed E-state index contributed by atoms with van der Waals surface area (Å²) in [7, 11) is 0. The molecule has 0 spiro atoms. The topological polar surface area (TPSA) is 12.0 Å².